The third kappa shape index (κ3) is 5.05. The van der Waals surface area contributed by atoms with Gasteiger partial charge in [-0.1, -0.05) is 51.2 Å². The summed E-state index contributed by atoms with van der Waals surface area (Å²) in [5.41, 5.74) is 4.04. The van der Waals surface area contributed by atoms with Crippen LogP contribution in [0.4, 0.5) is 0 Å². The number of rotatable bonds is 13. The van der Waals surface area contributed by atoms with Crippen LogP contribution in [-0.4, -0.2) is 35.7 Å². The fourth-order valence-corrected chi connectivity index (χ4v) is 6.01. The molecule has 3 aliphatic rings. The summed E-state index contributed by atoms with van der Waals surface area (Å²) in [4.78, 5) is 26.0. The van der Waals surface area contributed by atoms with Gasteiger partial charge in [0.05, 0.1) is 6.04 Å². The van der Waals surface area contributed by atoms with Gasteiger partial charge in [-0.3, -0.25) is 4.79 Å². The van der Waals surface area contributed by atoms with E-state index < -0.39 is 0 Å². The van der Waals surface area contributed by atoms with Crippen molar-refractivity contribution >= 4 is 12.2 Å². The highest BCUT2D eigenvalue weighted by Crippen LogP contribution is 2.55. The molecule has 1 unspecified atom stereocenters. The molecule has 4 heteroatoms. The average molecular weight is 425 g/mol. The first-order chi connectivity index (χ1) is 15.2. The second-order valence-corrected chi connectivity index (χ2v) is 10.3. The number of carbonyl (C=O) groups is 2. The largest absolute Gasteiger partial charge is 0.325 e. The van der Waals surface area contributed by atoms with E-state index in [4.69, 9.17) is 0 Å². The van der Waals surface area contributed by atoms with Gasteiger partial charge < -0.3 is 15.0 Å². The number of hydrogen-bond donors (Lipinski definition) is 1. The van der Waals surface area contributed by atoms with E-state index in [9.17, 15) is 9.59 Å². The van der Waals surface area contributed by atoms with Gasteiger partial charge >= 0.3 is 0 Å². The van der Waals surface area contributed by atoms with Gasteiger partial charge in [0.25, 0.3) is 5.91 Å². The number of aryl methyl sites for hydroxylation is 1. The molecule has 1 atom stereocenters. The number of nitrogens with one attached hydrogen (secondary N) is 1. The van der Waals surface area contributed by atoms with E-state index in [-0.39, 0.29) is 11.9 Å². The fraction of sp³-hybridized carbons (Fsp3) is 0.704. The number of hydrogen-bond acceptors (Lipinski definition) is 3. The van der Waals surface area contributed by atoms with Crippen LogP contribution >= 0.6 is 0 Å². The predicted molar refractivity (Wildman–Crippen MR) is 125 cm³/mol. The molecule has 0 bridgehead atoms. The molecule has 1 spiro atoms. The van der Waals surface area contributed by atoms with Crippen molar-refractivity contribution < 1.29 is 9.59 Å². The molecule has 2 fully saturated rings. The molecule has 1 aliphatic heterocycles. The summed E-state index contributed by atoms with van der Waals surface area (Å²) < 4.78 is 0. The second kappa shape index (κ2) is 10.3. The Labute approximate surface area is 188 Å². The van der Waals surface area contributed by atoms with E-state index in [0.29, 0.717) is 6.54 Å². The maximum absolute atomic E-state index is 12.8. The molecular formula is C27H40N2O2. The summed E-state index contributed by atoms with van der Waals surface area (Å²) in [6.07, 6.45) is 17.2. The van der Waals surface area contributed by atoms with Crippen LogP contribution in [0.15, 0.2) is 18.2 Å². The Hall–Kier alpha value is -1.68. The minimum absolute atomic E-state index is 0.0320. The average Bonchev–Trinajstić information content (AvgIpc) is 3.05. The lowest BCUT2D eigenvalue weighted by atomic mass is 9.54. The highest BCUT2D eigenvalue weighted by molar-refractivity contribution is 6.00. The van der Waals surface area contributed by atoms with Crippen LogP contribution in [-0.2, 0) is 17.8 Å². The van der Waals surface area contributed by atoms with Crippen LogP contribution in [0.25, 0.3) is 0 Å². The molecule has 4 nitrogen and oxygen atoms in total. The van der Waals surface area contributed by atoms with Gasteiger partial charge in [-0.25, -0.2) is 0 Å². The summed E-state index contributed by atoms with van der Waals surface area (Å²) in [7, 11) is 0. The monoisotopic (exact) mass is 424 g/mol. The topological polar surface area (TPSA) is 49.4 Å². The van der Waals surface area contributed by atoms with Crippen LogP contribution in [0.5, 0.6) is 0 Å². The first kappa shape index (κ1) is 22.5. The van der Waals surface area contributed by atoms with E-state index in [2.05, 4.69) is 18.3 Å². The molecule has 170 valence electrons. The van der Waals surface area contributed by atoms with Crippen LogP contribution in [0.2, 0.25) is 0 Å². The Kier molecular flexibility index (Phi) is 7.47. The first-order valence-electron chi connectivity index (χ1n) is 12.8. The van der Waals surface area contributed by atoms with Crippen LogP contribution in [0, 0.1) is 5.41 Å². The molecule has 2 saturated carbocycles. The lowest BCUT2D eigenvalue weighted by Crippen LogP contribution is -2.52. The van der Waals surface area contributed by atoms with Crippen molar-refractivity contribution in [2.45, 2.75) is 109 Å². The molecule has 31 heavy (non-hydrogen) atoms. The highest BCUT2D eigenvalue weighted by atomic mass is 16.2. The number of aldehydes is 1. The van der Waals surface area contributed by atoms with Gasteiger partial charge in [0.1, 0.15) is 6.29 Å². The van der Waals surface area contributed by atoms with Crippen LogP contribution in [0.3, 0.4) is 0 Å². The van der Waals surface area contributed by atoms with Crippen LogP contribution < -0.4 is 5.32 Å². The Bertz CT molecular complexity index is 762. The Morgan fingerprint density at radius 3 is 2.65 bits per heavy atom. The van der Waals surface area contributed by atoms with Crippen molar-refractivity contribution in [1.82, 2.24) is 10.2 Å². The highest BCUT2D eigenvalue weighted by Gasteiger charge is 2.47. The van der Waals surface area contributed by atoms with Crippen molar-refractivity contribution in [3.63, 3.8) is 0 Å². The van der Waals surface area contributed by atoms with Gasteiger partial charge in [-0.15, -0.1) is 0 Å². The van der Waals surface area contributed by atoms with Crippen LogP contribution in [0.1, 0.15) is 105 Å². The summed E-state index contributed by atoms with van der Waals surface area (Å²) >= 11 is 0. The smallest absolute Gasteiger partial charge is 0.255 e. The minimum Gasteiger partial charge on any atom is -0.325 e. The number of nitrogens with zero attached hydrogens (tertiary/aromatic N) is 1. The molecule has 1 amide bonds. The first-order valence-corrected chi connectivity index (χ1v) is 12.8. The summed E-state index contributed by atoms with van der Waals surface area (Å²) in [6.45, 7) is 3.84. The third-order valence-electron chi connectivity index (χ3n) is 8.06. The Morgan fingerprint density at radius 1 is 1.16 bits per heavy atom. The van der Waals surface area contributed by atoms with Crippen molar-refractivity contribution in [2.75, 3.05) is 6.54 Å². The fourth-order valence-electron chi connectivity index (χ4n) is 6.01. The van der Waals surface area contributed by atoms with E-state index in [1.165, 1.54) is 76.3 Å². The van der Waals surface area contributed by atoms with E-state index in [1.54, 1.807) is 4.90 Å². The molecule has 0 aromatic heterocycles. The molecule has 1 N–H and O–H groups in total. The van der Waals surface area contributed by atoms with Gasteiger partial charge in [0, 0.05) is 18.2 Å². The summed E-state index contributed by atoms with van der Waals surface area (Å²) in [5.74, 6) is 0.0320. The van der Waals surface area contributed by atoms with Crippen molar-refractivity contribution in [2.24, 2.45) is 5.41 Å². The van der Waals surface area contributed by atoms with E-state index in [1.807, 2.05) is 12.1 Å². The SMILES string of the molecule is CCCC(C=O)N1Cc2c(CCCCCCCNC3CC4(CCC4)C3)cccc2C1=O. The molecule has 0 saturated heterocycles. The second-order valence-electron chi connectivity index (χ2n) is 10.3. The van der Waals surface area contributed by atoms with Crippen molar-refractivity contribution in [3.8, 4) is 0 Å². The quantitative estimate of drug-likeness (QED) is 0.339. The maximum Gasteiger partial charge on any atom is 0.255 e. The zero-order valence-corrected chi connectivity index (χ0v) is 19.3. The molecule has 1 aromatic rings. The lowest BCUT2D eigenvalue weighted by Gasteiger charge is -2.54. The molecule has 2 aliphatic carbocycles. The molecular weight excluding hydrogens is 384 g/mol. The maximum atomic E-state index is 12.8. The normalized spacial score (nSPS) is 20.4. The van der Waals surface area contributed by atoms with Gasteiger partial charge in [-0.2, -0.15) is 0 Å². The van der Waals surface area contributed by atoms with Crippen molar-refractivity contribution in [3.05, 3.63) is 34.9 Å². The summed E-state index contributed by atoms with van der Waals surface area (Å²) in [6, 6.07) is 6.62. The number of unbranched alkanes of at least 4 members (excludes halogenated alkanes) is 4. The molecule has 0 radical (unpaired) electrons. The Balaban J connectivity index is 1.13. The van der Waals surface area contributed by atoms with E-state index in [0.717, 1.165) is 48.1 Å². The summed E-state index contributed by atoms with van der Waals surface area (Å²) in [5, 5.41) is 3.76. The van der Waals surface area contributed by atoms with Gasteiger partial charge in [0.15, 0.2) is 0 Å². The molecule has 1 aromatic carbocycles. The molecule has 4 rings (SSSR count). The minimum atomic E-state index is -0.287. The van der Waals surface area contributed by atoms with Gasteiger partial charge in [0.2, 0.25) is 0 Å². The third-order valence-corrected chi connectivity index (χ3v) is 8.06. The Morgan fingerprint density at radius 2 is 1.94 bits per heavy atom. The zero-order valence-electron chi connectivity index (χ0n) is 19.3. The number of amides is 1. The number of fused-ring (bicyclic) bond motifs is 1. The van der Waals surface area contributed by atoms with Gasteiger partial charge in [-0.05, 0) is 80.5 Å². The lowest BCUT2D eigenvalue weighted by molar-refractivity contribution is -0.112. The molecule has 1 heterocycles. The predicted octanol–water partition coefficient (Wildman–Crippen LogP) is 5.43. The standard InChI is InChI=1S/C27H40N2O2/c1-2-10-23(20-30)29-19-25-21(12-8-13-24(25)26(29)31)11-6-4-3-5-7-16-28-22-17-27(18-22)14-9-15-27/h8,12-13,20,22-23,28H,2-7,9-11,14-19H2,1H3. The van der Waals surface area contributed by atoms with E-state index >= 15 is 0 Å². The number of benzene rings is 1. The number of carbonyl (C=O) groups excluding carboxylic acids is 2. The van der Waals surface area contributed by atoms with Crippen molar-refractivity contribution in [1.29, 1.82) is 0 Å². The zero-order chi connectivity index (χ0) is 21.7.